The SMILES string of the molecule is O=C(CN1C(=O)[C@H]2CCCN2C[C@@H]1c1ccccc1)Nc1ccc2c(c1)C[C@@]1(C2)C(=O)Nc2ncccc21. The third-order valence-corrected chi connectivity index (χ3v) is 8.68. The molecule has 1 spiro atoms. The third kappa shape index (κ3) is 3.62. The number of pyridine rings is 1. The highest BCUT2D eigenvalue weighted by Gasteiger charge is 2.51. The molecule has 8 heteroatoms. The molecule has 0 unspecified atom stereocenters. The number of anilines is 2. The molecule has 192 valence electrons. The van der Waals surface area contributed by atoms with Crippen LogP contribution in [0.25, 0.3) is 0 Å². The summed E-state index contributed by atoms with van der Waals surface area (Å²) in [5.74, 6) is 0.433. The molecule has 3 amide bonds. The summed E-state index contributed by atoms with van der Waals surface area (Å²) in [6.45, 7) is 1.67. The fraction of sp³-hybridized carbons (Fsp3) is 0.333. The molecule has 1 aliphatic carbocycles. The minimum absolute atomic E-state index is 0.00517. The van der Waals surface area contributed by atoms with Gasteiger partial charge in [0.05, 0.1) is 17.5 Å². The van der Waals surface area contributed by atoms with E-state index in [1.54, 1.807) is 11.1 Å². The molecule has 8 nitrogen and oxygen atoms in total. The van der Waals surface area contributed by atoms with Gasteiger partial charge in [-0.05, 0) is 67.1 Å². The van der Waals surface area contributed by atoms with Crippen LogP contribution in [0.2, 0.25) is 0 Å². The van der Waals surface area contributed by atoms with Gasteiger partial charge < -0.3 is 15.5 Å². The van der Waals surface area contributed by atoms with Gasteiger partial charge in [0.25, 0.3) is 0 Å². The van der Waals surface area contributed by atoms with E-state index < -0.39 is 5.41 Å². The van der Waals surface area contributed by atoms with Crippen molar-refractivity contribution in [2.24, 2.45) is 0 Å². The number of hydrogen-bond donors (Lipinski definition) is 2. The smallest absolute Gasteiger partial charge is 0.244 e. The maximum Gasteiger partial charge on any atom is 0.244 e. The Morgan fingerprint density at radius 3 is 2.74 bits per heavy atom. The van der Waals surface area contributed by atoms with Gasteiger partial charge in [0, 0.05) is 24.0 Å². The molecular weight excluding hydrogens is 478 g/mol. The number of fused-ring (bicyclic) bond motifs is 4. The summed E-state index contributed by atoms with van der Waals surface area (Å²) in [6.07, 6.45) is 4.71. The van der Waals surface area contributed by atoms with E-state index >= 15 is 0 Å². The molecule has 4 heterocycles. The van der Waals surface area contributed by atoms with Gasteiger partial charge in [0.15, 0.2) is 0 Å². The molecule has 0 radical (unpaired) electrons. The number of amides is 3. The van der Waals surface area contributed by atoms with E-state index in [1.807, 2.05) is 60.7 Å². The van der Waals surface area contributed by atoms with Gasteiger partial charge in [-0.2, -0.15) is 0 Å². The molecule has 3 aromatic rings. The second-order valence-corrected chi connectivity index (χ2v) is 10.9. The number of nitrogens with zero attached hydrogens (tertiary/aromatic N) is 3. The Balaban J connectivity index is 1.10. The van der Waals surface area contributed by atoms with Gasteiger partial charge in [0.2, 0.25) is 17.7 Å². The number of aromatic nitrogens is 1. The standard InChI is InChI=1S/C30H29N5O3/c36-26(18-35-25(19-6-2-1-3-7-19)17-34-13-5-9-24(34)28(35)37)32-22-11-10-20-15-30(16-21(20)14-22)23-8-4-12-31-27(23)33-29(30)38/h1-4,6-8,10-12,14,24-25H,5,9,13,15-18H2,(H,32,36)(H,31,33,38)/t24-,25-,30-/m1/s1. The number of rotatable bonds is 4. The lowest BCUT2D eigenvalue weighted by Crippen LogP contribution is -2.57. The summed E-state index contributed by atoms with van der Waals surface area (Å²) in [6, 6.07) is 19.4. The molecule has 2 saturated heterocycles. The minimum atomic E-state index is -0.648. The Labute approximate surface area is 221 Å². The van der Waals surface area contributed by atoms with Crippen LogP contribution in [0, 0.1) is 0 Å². The monoisotopic (exact) mass is 507 g/mol. The summed E-state index contributed by atoms with van der Waals surface area (Å²) in [5, 5.41) is 5.96. The number of hydrogen-bond acceptors (Lipinski definition) is 5. The molecule has 38 heavy (non-hydrogen) atoms. The van der Waals surface area contributed by atoms with Crippen molar-refractivity contribution in [3.05, 3.63) is 89.1 Å². The largest absolute Gasteiger partial charge is 0.325 e. The van der Waals surface area contributed by atoms with Crippen LogP contribution in [0.4, 0.5) is 11.5 Å². The molecule has 0 saturated carbocycles. The highest BCUT2D eigenvalue weighted by atomic mass is 16.2. The second-order valence-electron chi connectivity index (χ2n) is 10.9. The van der Waals surface area contributed by atoms with Gasteiger partial charge in [-0.25, -0.2) is 4.98 Å². The Morgan fingerprint density at radius 1 is 1.03 bits per heavy atom. The van der Waals surface area contributed by atoms with Gasteiger partial charge in [0.1, 0.15) is 12.4 Å². The van der Waals surface area contributed by atoms with Crippen LogP contribution in [0.5, 0.6) is 0 Å². The van der Waals surface area contributed by atoms with Crippen LogP contribution in [0.15, 0.2) is 66.9 Å². The zero-order valence-electron chi connectivity index (χ0n) is 21.0. The zero-order chi connectivity index (χ0) is 25.9. The summed E-state index contributed by atoms with van der Waals surface area (Å²) in [5.41, 5.74) is 4.16. The topological polar surface area (TPSA) is 94.6 Å². The van der Waals surface area contributed by atoms with Crippen molar-refractivity contribution in [1.82, 2.24) is 14.8 Å². The highest BCUT2D eigenvalue weighted by Crippen LogP contribution is 2.47. The van der Waals surface area contributed by atoms with E-state index in [2.05, 4.69) is 20.5 Å². The summed E-state index contributed by atoms with van der Waals surface area (Å²) >= 11 is 0. The lowest BCUT2D eigenvalue weighted by atomic mass is 9.79. The normalized spacial score (nSPS) is 25.7. The van der Waals surface area contributed by atoms with E-state index in [-0.39, 0.29) is 36.3 Å². The molecule has 0 bridgehead atoms. The molecular formula is C30H29N5O3. The van der Waals surface area contributed by atoms with Crippen LogP contribution in [0.1, 0.15) is 41.1 Å². The van der Waals surface area contributed by atoms with E-state index in [4.69, 9.17) is 0 Å². The Bertz CT molecular complexity index is 1460. The highest BCUT2D eigenvalue weighted by molar-refractivity contribution is 6.06. The van der Waals surface area contributed by atoms with E-state index in [1.165, 1.54) is 0 Å². The first-order chi connectivity index (χ1) is 18.5. The van der Waals surface area contributed by atoms with Crippen molar-refractivity contribution < 1.29 is 14.4 Å². The van der Waals surface area contributed by atoms with Crippen molar-refractivity contribution in [3.8, 4) is 0 Å². The number of benzene rings is 2. The van der Waals surface area contributed by atoms with Gasteiger partial charge in [-0.15, -0.1) is 0 Å². The second kappa shape index (κ2) is 8.77. The molecule has 1 aromatic heterocycles. The van der Waals surface area contributed by atoms with E-state index in [0.717, 1.165) is 48.2 Å². The van der Waals surface area contributed by atoms with E-state index in [0.29, 0.717) is 24.3 Å². The average Bonchev–Trinajstić information content (AvgIpc) is 3.62. The first-order valence-corrected chi connectivity index (χ1v) is 13.3. The third-order valence-electron chi connectivity index (χ3n) is 8.68. The van der Waals surface area contributed by atoms with E-state index in [9.17, 15) is 14.4 Å². The Kier molecular flexibility index (Phi) is 5.33. The first-order valence-electron chi connectivity index (χ1n) is 13.3. The number of carbonyl (C=O) groups excluding carboxylic acids is 3. The predicted octanol–water partition coefficient (Wildman–Crippen LogP) is 3.06. The maximum atomic E-state index is 13.5. The number of nitrogens with one attached hydrogen (secondary N) is 2. The van der Waals surface area contributed by atoms with Gasteiger partial charge in [-0.3, -0.25) is 19.3 Å². The first kappa shape index (κ1) is 23.1. The zero-order valence-corrected chi connectivity index (χ0v) is 21.0. The summed E-state index contributed by atoms with van der Waals surface area (Å²) in [7, 11) is 0. The Morgan fingerprint density at radius 2 is 1.87 bits per heavy atom. The summed E-state index contributed by atoms with van der Waals surface area (Å²) < 4.78 is 0. The lowest BCUT2D eigenvalue weighted by molar-refractivity contribution is -0.147. The van der Waals surface area contributed by atoms with Gasteiger partial charge >= 0.3 is 0 Å². The van der Waals surface area contributed by atoms with Crippen molar-refractivity contribution in [3.63, 3.8) is 0 Å². The molecule has 7 rings (SSSR count). The molecule has 3 atom stereocenters. The molecule has 3 aliphatic heterocycles. The number of carbonyl (C=O) groups is 3. The van der Waals surface area contributed by atoms with Crippen molar-refractivity contribution >= 4 is 29.2 Å². The van der Waals surface area contributed by atoms with Gasteiger partial charge in [-0.1, -0.05) is 42.5 Å². The van der Waals surface area contributed by atoms with Crippen molar-refractivity contribution in [2.45, 2.75) is 43.2 Å². The molecule has 4 aliphatic rings. The average molecular weight is 508 g/mol. The van der Waals surface area contributed by atoms with Crippen LogP contribution in [-0.2, 0) is 32.6 Å². The molecule has 2 aromatic carbocycles. The lowest BCUT2D eigenvalue weighted by Gasteiger charge is -2.43. The predicted molar refractivity (Wildman–Crippen MR) is 143 cm³/mol. The van der Waals surface area contributed by atoms with Crippen LogP contribution < -0.4 is 10.6 Å². The van der Waals surface area contributed by atoms with Crippen molar-refractivity contribution in [2.75, 3.05) is 30.3 Å². The Hall–Kier alpha value is -4.04. The summed E-state index contributed by atoms with van der Waals surface area (Å²) in [4.78, 5) is 48.1. The van der Waals surface area contributed by atoms with Crippen LogP contribution >= 0.6 is 0 Å². The van der Waals surface area contributed by atoms with Crippen LogP contribution in [0.3, 0.4) is 0 Å². The fourth-order valence-corrected chi connectivity index (χ4v) is 6.84. The quantitative estimate of drug-likeness (QED) is 0.566. The van der Waals surface area contributed by atoms with Crippen molar-refractivity contribution in [1.29, 1.82) is 0 Å². The minimum Gasteiger partial charge on any atom is -0.325 e. The fourth-order valence-electron chi connectivity index (χ4n) is 6.84. The molecule has 2 N–H and O–H groups in total. The maximum absolute atomic E-state index is 13.5. The van der Waals surface area contributed by atoms with Crippen LogP contribution in [-0.4, -0.2) is 58.2 Å². The molecule has 2 fully saturated rings. The number of piperazine rings is 1.